The van der Waals surface area contributed by atoms with E-state index in [2.05, 4.69) is 25.2 Å². The van der Waals surface area contributed by atoms with E-state index >= 15 is 0 Å². The van der Waals surface area contributed by atoms with Gasteiger partial charge in [-0.15, -0.1) is 0 Å². The van der Waals surface area contributed by atoms with Crippen molar-refractivity contribution < 1.29 is 9.18 Å². The minimum atomic E-state index is -0.286. The van der Waals surface area contributed by atoms with Crippen molar-refractivity contribution in [3.8, 4) is 0 Å². The molecule has 1 aromatic carbocycles. The zero-order valence-corrected chi connectivity index (χ0v) is 14.2. The minimum absolute atomic E-state index is 0.0943. The molecule has 25 heavy (non-hydrogen) atoms. The number of benzene rings is 1. The molecule has 0 spiro atoms. The van der Waals surface area contributed by atoms with E-state index in [4.69, 9.17) is 0 Å². The van der Waals surface area contributed by atoms with E-state index < -0.39 is 0 Å². The summed E-state index contributed by atoms with van der Waals surface area (Å²) in [4.78, 5) is 26.6. The van der Waals surface area contributed by atoms with Gasteiger partial charge in [-0.1, -0.05) is 17.4 Å². The summed E-state index contributed by atoms with van der Waals surface area (Å²) in [6.45, 7) is 1.54. The Morgan fingerprint density at radius 1 is 1.28 bits per heavy atom. The number of hydrogen-bond acceptors (Lipinski definition) is 6. The Labute approximate surface area is 147 Å². The van der Waals surface area contributed by atoms with Crippen molar-refractivity contribution in [2.24, 2.45) is 0 Å². The first-order valence-corrected chi connectivity index (χ1v) is 8.89. The summed E-state index contributed by atoms with van der Waals surface area (Å²) in [6, 6.07) is 5.11. The van der Waals surface area contributed by atoms with E-state index in [-0.39, 0.29) is 17.8 Å². The molecule has 6 nitrogen and oxygen atoms in total. The fraction of sp³-hybridized carbons (Fsp3) is 0.294. The van der Waals surface area contributed by atoms with E-state index in [0.717, 1.165) is 35.8 Å². The molecule has 0 bridgehead atoms. The molecule has 1 aliphatic heterocycles. The number of amides is 1. The van der Waals surface area contributed by atoms with Crippen LogP contribution in [0, 0.1) is 5.82 Å². The fourth-order valence-electron chi connectivity index (χ4n) is 2.93. The average molecular weight is 357 g/mol. The van der Waals surface area contributed by atoms with Gasteiger partial charge < -0.3 is 10.2 Å². The molecule has 2 aromatic heterocycles. The highest BCUT2D eigenvalue weighted by Crippen LogP contribution is 2.31. The van der Waals surface area contributed by atoms with Crippen LogP contribution in [-0.2, 0) is 0 Å². The topological polar surface area (TPSA) is 71.0 Å². The zero-order chi connectivity index (χ0) is 17.2. The molecule has 1 aliphatic rings. The normalized spacial score (nSPS) is 15.5. The second-order valence-corrected chi connectivity index (χ2v) is 6.92. The van der Waals surface area contributed by atoms with Gasteiger partial charge in [0, 0.05) is 31.5 Å². The molecule has 1 N–H and O–H groups in total. The standard InChI is InChI=1S/C17H16FN5OS/c18-12-2-1-3-14-15(12)22-17(25-14)23-8-4-11(5-9-23)21-16(24)13-10-19-6-7-20-13/h1-3,6-7,10-11H,4-5,8-9H2,(H,21,24). The number of carbonyl (C=O) groups is 1. The summed E-state index contributed by atoms with van der Waals surface area (Å²) in [6.07, 6.45) is 6.12. The number of carbonyl (C=O) groups excluding carboxylic acids is 1. The van der Waals surface area contributed by atoms with E-state index in [1.165, 1.54) is 36.0 Å². The molecule has 0 radical (unpaired) electrons. The van der Waals surface area contributed by atoms with Gasteiger partial charge in [0.2, 0.25) is 0 Å². The van der Waals surface area contributed by atoms with Crippen molar-refractivity contribution in [1.82, 2.24) is 20.3 Å². The van der Waals surface area contributed by atoms with Crippen molar-refractivity contribution in [2.75, 3.05) is 18.0 Å². The molecule has 128 valence electrons. The maximum Gasteiger partial charge on any atom is 0.271 e. The van der Waals surface area contributed by atoms with Gasteiger partial charge in [0.1, 0.15) is 17.0 Å². The quantitative estimate of drug-likeness (QED) is 0.780. The number of anilines is 1. The van der Waals surface area contributed by atoms with Gasteiger partial charge >= 0.3 is 0 Å². The second-order valence-electron chi connectivity index (χ2n) is 5.91. The van der Waals surface area contributed by atoms with Crippen LogP contribution in [0.15, 0.2) is 36.8 Å². The number of para-hydroxylation sites is 1. The van der Waals surface area contributed by atoms with Gasteiger partial charge in [0.05, 0.1) is 10.9 Å². The highest BCUT2D eigenvalue weighted by atomic mass is 32.1. The van der Waals surface area contributed by atoms with Crippen LogP contribution in [0.1, 0.15) is 23.3 Å². The molecule has 1 amide bonds. The number of nitrogens with zero attached hydrogens (tertiary/aromatic N) is 4. The molecular weight excluding hydrogens is 341 g/mol. The van der Waals surface area contributed by atoms with E-state index in [1.54, 1.807) is 6.07 Å². The summed E-state index contributed by atoms with van der Waals surface area (Å²) in [5.41, 5.74) is 0.757. The largest absolute Gasteiger partial charge is 0.348 e. The van der Waals surface area contributed by atoms with Crippen LogP contribution in [0.25, 0.3) is 10.2 Å². The van der Waals surface area contributed by atoms with Crippen LogP contribution in [0.2, 0.25) is 0 Å². The smallest absolute Gasteiger partial charge is 0.271 e. The average Bonchev–Trinajstić information content (AvgIpc) is 3.09. The van der Waals surface area contributed by atoms with Gasteiger partial charge in [-0.05, 0) is 25.0 Å². The van der Waals surface area contributed by atoms with Gasteiger partial charge in [0.15, 0.2) is 5.13 Å². The van der Waals surface area contributed by atoms with Crippen LogP contribution >= 0.6 is 11.3 Å². The molecule has 0 saturated carbocycles. The number of fused-ring (bicyclic) bond motifs is 1. The lowest BCUT2D eigenvalue weighted by molar-refractivity contribution is 0.0925. The minimum Gasteiger partial charge on any atom is -0.348 e. The highest BCUT2D eigenvalue weighted by Gasteiger charge is 2.24. The van der Waals surface area contributed by atoms with Crippen LogP contribution < -0.4 is 10.2 Å². The second kappa shape index (κ2) is 6.72. The Kier molecular flexibility index (Phi) is 4.27. The SMILES string of the molecule is O=C(NC1CCN(c2nc3c(F)cccc3s2)CC1)c1cnccn1. The predicted molar refractivity (Wildman–Crippen MR) is 94.3 cm³/mol. The number of halogens is 1. The van der Waals surface area contributed by atoms with E-state index in [9.17, 15) is 9.18 Å². The molecule has 8 heteroatoms. The first-order valence-electron chi connectivity index (χ1n) is 8.07. The Morgan fingerprint density at radius 2 is 2.12 bits per heavy atom. The summed E-state index contributed by atoms with van der Waals surface area (Å²) in [7, 11) is 0. The third-order valence-electron chi connectivity index (χ3n) is 4.25. The molecule has 4 rings (SSSR count). The van der Waals surface area contributed by atoms with Crippen molar-refractivity contribution >= 4 is 32.6 Å². The molecular formula is C17H16FN5OS. The lowest BCUT2D eigenvalue weighted by Crippen LogP contribution is -2.44. The maximum atomic E-state index is 13.8. The molecule has 1 fully saturated rings. The number of nitrogens with one attached hydrogen (secondary N) is 1. The van der Waals surface area contributed by atoms with Gasteiger partial charge in [-0.3, -0.25) is 9.78 Å². The summed E-state index contributed by atoms with van der Waals surface area (Å²) in [5, 5.41) is 3.83. The number of aromatic nitrogens is 3. The first-order chi connectivity index (χ1) is 12.2. The monoisotopic (exact) mass is 357 g/mol. The Morgan fingerprint density at radius 3 is 2.84 bits per heavy atom. The fourth-order valence-corrected chi connectivity index (χ4v) is 3.96. The van der Waals surface area contributed by atoms with Crippen molar-refractivity contribution in [1.29, 1.82) is 0 Å². The molecule has 3 heterocycles. The van der Waals surface area contributed by atoms with E-state index in [1.807, 2.05) is 6.07 Å². The van der Waals surface area contributed by atoms with Gasteiger partial charge in [-0.2, -0.15) is 0 Å². The maximum absolute atomic E-state index is 13.8. The van der Waals surface area contributed by atoms with Crippen molar-refractivity contribution in [2.45, 2.75) is 18.9 Å². The molecule has 3 aromatic rings. The number of thiazole rings is 1. The van der Waals surface area contributed by atoms with Crippen LogP contribution in [0.3, 0.4) is 0 Å². The Bertz CT molecular complexity index is 892. The highest BCUT2D eigenvalue weighted by molar-refractivity contribution is 7.22. The van der Waals surface area contributed by atoms with Crippen LogP contribution in [0.4, 0.5) is 9.52 Å². The molecule has 0 aliphatic carbocycles. The van der Waals surface area contributed by atoms with Crippen LogP contribution in [-0.4, -0.2) is 40.0 Å². The first kappa shape index (κ1) is 15.9. The summed E-state index contributed by atoms with van der Waals surface area (Å²) >= 11 is 1.50. The lowest BCUT2D eigenvalue weighted by Gasteiger charge is -2.32. The molecule has 0 atom stereocenters. The summed E-state index contributed by atoms with van der Waals surface area (Å²) < 4.78 is 14.7. The summed E-state index contributed by atoms with van der Waals surface area (Å²) in [5.74, 6) is -0.486. The van der Waals surface area contributed by atoms with Crippen LogP contribution in [0.5, 0.6) is 0 Å². The van der Waals surface area contributed by atoms with Crippen molar-refractivity contribution in [3.63, 3.8) is 0 Å². The number of rotatable bonds is 3. The molecule has 1 saturated heterocycles. The van der Waals surface area contributed by atoms with Crippen molar-refractivity contribution in [3.05, 3.63) is 48.3 Å². The third-order valence-corrected chi connectivity index (χ3v) is 5.34. The lowest BCUT2D eigenvalue weighted by atomic mass is 10.1. The van der Waals surface area contributed by atoms with E-state index in [0.29, 0.717) is 11.2 Å². The van der Waals surface area contributed by atoms with Gasteiger partial charge in [0.25, 0.3) is 5.91 Å². The Balaban J connectivity index is 1.39. The third kappa shape index (κ3) is 3.30. The molecule has 0 unspecified atom stereocenters. The Hall–Kier alpha value is -2.61. The number of piperidine rings is 1. The van der Waals surface area contributed by atoms with Gasteiger partial charge in [-0.25, -0.2) is 14.4 Å². The predicted octanol–water partition coefficient (Wildman–Crippen LogP) is 2.62. The number of hydrogen-bond donors (Lipinski definition) is 1. The zero-order valence-electron chi connectivity index (χ0n) is 13.4.